The highest BCUT2D eigenvalue weighted by molar-refractivity contribution is 6.30. The van der Waals surface area contributed by atoms with Crippen molar-refractivity contribution in [2.45, 2.75) is 20.4 Å². The van der Waals surface area contributed by atoms with Gasteiger partial charge < -0.3 is 14.3 Å². The molecule has 0 bridgehead atoms. The Hall–Kier alpha value is -3.65. The fourth-order valence-electron chi connectivity index (χ4n) is 4.32. The van der Waals surface area contributed by atoms with Crippen LogP contribution in [-0.2, 0) is 11.3 Å². The van der Waals surface area contributed by atoms with Crippen LogP contribution in [0.15, 0.2) is 58.1 Å². The van der Waals surface area contributed by atoms with Crippen molar-refractivity contribution >= 4 is 34.3 Å². The second-order valence-electron chi connectivity index (χ2n) is 8.48. The first-order valence-corrected chi connectivity index (χ1v) is 11.5. The standard InChI is InChI=1S/C25H24ClN5O3/c1-16-4-3-5-20(17(16)2)29-10-12-30(13-11-29)21(32)14-31-15-27-24-22(25(31)33)23(28-34-24)18-6-8-19(26)9-7-18/h3-9,15H,10-14H2,1-2H3. The number of piperazine rings is 1. The summed E-state index contributed by atoms with van der Waals surface area (Å²) in [6, 6.07) is 13.2. The molecule has 0 spiro atoms. The molecule has 0 unspecified atom stereocenters. The Balaban J connectivity index is 1.33. The fourth-order valence-corrected chi connectivity index (χ4v) is 4.44. The molecule has 1 aliphatic heterocycles. The molecule has 0 atom stereocenters. The largest absolute Gasteiger partial charge is 0.368 e. The summed E-state index contributed by atoms with van der Waals surface area (Å²) in [5, 5.41) is 4.85. The summed E-state index contributed by atoms with van der Waals surface area (Å²) >= 11 is 5.97. The number of carbonyl (C=O) groups excluding carboxylic acids is 1. The first-order valence-electron chi connectivity index (χ1n) is 11.1. The second kappa shape index (κ2) is 8.95. The molecule has 1 fully saturated rings. The van der Waals surface area contributed by atoms with Crippen molar-refractivity contribution in [1.29, 1.82) is 0 Å². The fraction of sp³-hybridized carbons (Fsp3) is 0.280. The van der Waals surface area contributed by atoms with Crippen molar-refractivity contribution in [3.8, 4) is 11.3 Å². The van der Waals surface area contributed by atoms with Crippen LogP contribution in [0.3, 0.4) is 0 Å². The second-order valence-corrected chi connectivity index (χ2v) is 8.92. The molecule has 0 aliphatic carbocycles. The summed E-state index contributed by atoms with van der Waals surface area (Å²) in [6.45, 7) is 6.83. The van der Waals surface area contributed by atoms with Crippen molar-refractivity contribution in [1.82, 2.24) is 19.6 Å². The van der Waals surface area contributed by atoms with Gasteiger partial charge in [-0.1, -0.05) is 41.0 Å². The molecule has 1 aliphatic rings. The third-order valence-electron chi connectivity index (χ3n) is 6.44. The number of aryl methyl sites for hydroxylation is 1. The first-order chi connectivity index (χ1) is 16.4. The van der Waals surface area contributed by atoms with Crippen molar-refractivity contribution in [3.63, 3.8) is 0 Å². The van der Waals surface area contributed by atoms with E-state index in [0.29, 0.717) is 29.4 Å². The highest BCUT2D eigenvalue weighted by atomic mass is 35.5. The Kier molecular flexibility index (Phi) is 5.83. The highest BCUT2D eigenvalue weighted by Gasteiger charge is 2.24. The van der Waals surface area contributed by atoms with Gasteiger partial charge in [-0.05, 0) is 43.2 Å². The Morgan fingerprint density at radius 2 is 1.79 bits per heavy atom. The molecule has 0 saturated carbocycles. The van der Waals surface area contributed by atoms with E-state index in [4.69, 9.17) is 16.1 Å². The van der Waals surface area contributed by atoms with Gasteiger partial charge in [0.05, 0.1) is 0 Å². The van der Waals surface area contributed by atoms with Crippen LogP contribution >= 0.6 is 11.6 Å². The van der Waals surface area contributed by atoms with Crippen LogP contribution < -0.4 is 10.5 Å². The van der Waals surface area contributed by atoms with E-state index in [1.807, 2.05) is 0 Å². The Labute approximate surface area is 201 Å². The minimum absolute atomic E-state index is 0.0868. The van der Waals surface area contributed by atoms with Crippen LogP contribution in [0.5, 0.6) is 0 Å². The predicted octanol–water partition coefficient (Wildman–Crippen LogP) is 3.67. The minimum atomic E-state index is -0.362. The lowest BCUT2D eigenvalue weighted by Gasteiger charge is -2.37. The molecular weight excluding hydrogens is 454 g/mol. The number of aromatic nitrogens is 3. The molecule has 174 valence electrons. The van der Waals surface area contributed by atoms with Gasteiger partial charge >= 0.3 is 0 Å². The number of carbonyl (C=O) groups is 1. The number of halogens is 1. The van der Waals surface area contributed by atoms with Crippen LogP contribution in [0.2, 0.25) is 5.02 Å². The monoisotopic (exact) mass is 477 g/mol. The first kappa shape index (κ1) is 22.2. The summed E-state index contributed by atoms with van der Waals surface area (Å²) in [4.78, 5) is 34.5. The molecule has 8 nitrogen and oxygen atoms in total. The molecule has 3 heterocycles. The van der Waals surface area contributed by atoms with Crippen molar-refractivity contribution in [2.24, 2.45) is 0 Å². The summed E-state index contributed by atoms with van der Waals surface area (Å²) in [6.07, 6.45) is 1.34. The summed E-state index contributed by atoms with van der Waals surface area (Å²) in [5.74, 6) is -0.117. The van der Waals surface area contributed by atoms with E-state index in [9.17, 15) is 9.59 Å². The van der Waals surface area contributed by atoms with Crippen LogP contribution in [-0.4, -0.2) is 51.7 Å². The zero-order chi connectivity index (χ0) is 23.8. The third-order valence-corrected chi connectivity index (χ3v) is 6.69. The molecule has 34 heavy (non-hydrogen) atoms. The Bertz CT molecular complexity index is 1420. The lowest BCUT2D eigenvalue weighted by atomic mass is 10.1. The van der Waals surface area contributed by atoms with Crippen LogP contribution in [0.1, 0.15) is 11.1 Å². The minimum Gasteiger partial charge on any atom is -0.368 e. The van der Waals surface area contributed by atoms with E-state index in [-0.39, 0.29) is 29.1 Å². The smallest absolute Gasteiger partial charge is 0.267 e. The number of nitrogens with zero attached hydrogens (tertiary/aromatic N) is 5. The van der Waals surface area contributed by atoms with Gasteiger partial charge in [0.15, 0.2) is 0 Å². The van der Waals surface area contributed by atoms with Crippen molar-refractivity contribution in [2.75, 3.05) is 31.1 Å². The topological polar surface area (TPSA) is 84.5 Å². The van der Waals surface area contributed by atoms with Gasteiger partial charge in [-0.2, -0.15) is 0 Å². The van der Waals surface area contributed by atoms with E-state index in [0.717, 1.165) is 13.1 Å². The van der Waals surface area contributed by atoms with E-state index < -0.39 is 0 Å². The summed E-state index contributed by atoms with van der Waals surface area (Å²) in [5.41, 5.74) is 4.57. The zero-order valence-electron chi connectivity index (χ0n) is 19.0. The summed E-state index contributed by atoms with van der Waals surface area (Å²) in [7, 11) is 0. The van der Waals surface area contributed by atoms with Crippen LogP contribution in [0.4, 0.5) is 5.69 Å². The molecule has 1 amide bonds. The predicted molar refractivity (Wildman–Crippen MR) is 131 cm³/mol. The molecule has 4 aromatic rings. The molecule has 5 rings (SSSR count). The molecular formula is C25H24ClN5O3. The number of hydrogen-bond donors (Lipinski definition) is 0. The van der Waals surface area contributed by atoms with E-state index in [1.165, 1.54) is 27.7 Å². The number of rotatable bonds is 4. The highest BCUT2D eigenvalue weighted by Crippen LogP contribution is 2.26. The van der Waals surface area contributed by atoms with E-state index in [2.05, 4.69) is 47.1 Å². The molecule has 9 heteroatoms. The van der Waals surface area contributed by atoms with Gasteiger partial charge in [0, 0.05) is 42.5 Å². The van der Waals surface area contributed by atoms with Gasteiger partial charge in [0.25, 0.3) is 11.3 Å². The van der Waals surface area contributed by atoms with Crippen LogP contribution in [0, 0.1) is 13.8 Å². The number of anilines is 1. The van der Waals surface area contributed by atoms with Crippen molar-refractivity contribution < 1.29 is 9.32 Å². The number of hydrogen-bond acceptors (Lipinski definition) is 6. The van der Waals surface area contributed by atoms with Gasteiger partial charge in [-0.15, -0.1) is 0 Å². The zero-order valence-corrected chi connectivity index (χ0v) is 19.7. The van der Waals surface area contributed by atoms with Gasteiger partial charge in [0.2, 0.25) is 5.91 Å². The normalized spacial score (nSPS) is 14.1. The molecule has 2 aromatic heterocycles. The molecule has 1 saturated heterocycles. The maximum Gasteiger partial charge on any atom is 0.267 e. The average molecular weight is 478 g/mol. The Morgan fingerprint density at radius 3 is 2.53 bits per heavy atom. The number of amides is 1. The molecule has 0 N–H and O–H groups in total. The maximum atomic E-state index is 13.2. The molecule has 0 radical (unpaired) electrons. The third kappa shape index (κ3) is 4.05. The lowest BCUT2D eigenvalue weighted by Crippen LogP contribution is -2.50. The number of fused-ring (bicyclic) bond motifs is 1. The average Bonchev–Trinajstić information content (AvgIpc) is 3.28. The lowest BCUT2D eigenvalue weighted by molar-refractivity contribution is -0.132. The number of benzene rings is 2. The van der Waals surface area contributed by atoms with Gasteiger partial charge in [-0.25, -0.2) is 4.98 Å². The molecule has 2 aromatic carbocycles. The summed E-state index contributed by atoms with van der Waals surface area (Å²) < 4.78 is 6.57. The van der Waals surface area contributed by atoms with E-state index >= 15 is 0 Å². The Morgan fingerprint density at radius 1 is 1.06 bits per heavy atom. The van der Waals surface area contributed by atoms with Gasteiger partial charge in [-0.3, -0.25) is 14.2 Å². The van der Waals surface area contributed by atoms with E-state index in [1.54, 1.807) is 29.2 Å². The van der Waals surface area contributed by atoms with Crippen LogP contribution in [0.25, 0.3) is 22.4 Å². The van der Waals surface area contributed by atoms with Gasteiger partial charge in [0.1, 0.15) is 24.0 Å². The quantitative estimate of drug-likeness (QED) is 0.446. The SMILES string of the molecule is Cc1cccc(N2CCN(C(=O)Cn3cnc4onc(-c5ccc(Cl)cc5)c4c3=O)CC2)c1C. The maximum absolute atomic E-state index is 13.2. The van der Waals surface area contributed by atoms with Crippen molar-refractivity contribution in [3.05, 3.63) is 75.3 Å².